The van der Waals surface area contributed by atoms with Crippen LogP contribution in [0.25, 0.3) is 0 Å². The molecule has 1 rings (SSSR count). The summed E-state index contributed by atoms with van der Waals surface area (Å²) < 4.78 is 1.05. The lowest BCUT2D eigenvalue weighted by Gasteiger charge is -2.13. The molecule has 1 aromatic rings. The molecule has 1 aromatic carbocycles. The van der Waals surface area contributed by atoms with E-state index in [4.69, 9.17) is 10.8 Å². The van der Waals surface area contributed by atoms with Crippen molar-refractivity contribution >= 4 is 15.9 Å². The molecule has 0 aromatic heterocycles. The van der Waals surface area contributed by atoms with E-state index in [2.05, 4.69) is 22.9 Å². The molecule has 0 fully saturated rings. The van der Waals surface area contributed by atoms with Gasteiger partial charge in [0, 0.05) is 4.47 Å². The highest BCUT2D eigenvalue weighted by molar-refractivity contribution is 9.10. The zero-order valence-corrected chi connectivity index (χ0v) is 9.21. The smallest absolute Gasteiger partial charge is 0.0624 e. The van der Waals surface area contributed by atoms with Gasteiger partial charge in [-0.3, -0.25) is 0 Å². The van der Waals surface area contributed by atoms with Crippen molar-refractivity contribution in [1.82, 2.24) is 0 Å². The first-order valence-electron chi connectivity index (χ1n) is 4.33. The fourth-order valence-corrected chi connectivity index (χ4v) is 1.75. The molecule has 3 heteroatoms. The van der Waals surface area contributed by atoms with Gasteiger partial charge in [0.25, 0.3) is 0 Å². The van der Waals surface area contributed by atoms with Crippen LogP contribution in [0, 0.1) is 0 Å². The highest BCUT2D eigenvalue weighted by atomic mass is 79.9. The Labute approximate surface area is 86.9 Å². The third-order valence-corrected chi connectivity index (χ3v) is 2.58. The molecule has 0 bridgehead atoms. The lowest BCUT2D eigenvalue weighted by Crippen LogP contribution is -2.16. The molecule has 3 N–H and O–H groups in total. The number of halogens is 1. The summed E-state index contributed by atoms with van der Waals surface area (Å²) in [5.41, 5.74) is 7.98. The molecule has 0 aliphatic rings. The predicted octanol–water partition coefficient (Wildman–Crippen LogP) is 2.00. The molecule has 0 aliphatic heterocycles. The second-order valence-corrected chi connectivity index (χ2v) is 3.90. The molecule has 0 amide bonds. The Morgan fingerprint density at radius 2 is 2.23 bits per heavy atom. The average molecular weight is 244 g/mol. The first-order chi connectivity index (χ1) is 6.19. The standard InChI is InChI=1S/C10H14BrNO/c1-2-7-5-8(11)3-4-9(7)10(12)6-13/h3-5,10,13H,2,6,12H2,1H3. The van der Waals surface area contributed by atoms with Gasteiger partial charge < -0.3 is 10.8 Å². The van der Waals surface area contributed by atoms with E-state index in [1.54, 1.807) is 0 Å². The minimum Gasteiger partial charge on any atom is -0.394 e. The fraction of sp³-hybridized carbons (Fsp3) is 0.400. The van der Waals surface area contributed by atoms with Crippen molar-refractivity contribution in [1.29, 1.82) is 0 Å². The molecule has 13 heavy (non-hydrogen) atoms. The Morgan fingerprint density at radius 3 is 2.77 bits per heavy atom. The third kappa shape index (κ3) is 2.53. The van der Waals surface area contributed by atoms with Crippen LogP contribution in [0.4, 0.5) is 0 Å². The Morgan fingerprint density at radius 1 is 1.54 bits per heavy atom. The average Bonchev–Trinajstić information content (AvgIpc) is 2.16. The van der Waals surface area contributed by atoms with Crippen molar-refractivity contribution in [3.8, 4) is 0 Å². The van der Waals surface area contributed by atoms with Crippen LogP contribution in [0.2, 0.25) is 0 Å². The molecule has 1 atom stereocenters. The van der Waals surface area contributed by atoms with Gasteiger partial charge in [0.15, 0.2) is 0 Å². The number of aryl methyl sites for hydroxylation is 1. The SMILES string of the molecule is CCc1cc(Br)ccc1C(N)CO. The molecule has 0 saturated heterocycles. The van der Waals surface area contributed by atoms with E-state index < -0.39 is 0 Å². The van der Waals surface area contributed by atoms with Crippen molar-refractivity contribution in [2.24, 2.45) is 5.73 Å². The maximum Gasteiger partial charge on any atom is 0.0624 e. The lowest BCUT2D eigenvalue weighted by atomic mass is 10.00. The molecular weight excluding hydrogens is 230 g/mol. The van der Waals surface area contributed by atoms with Gasteiger partial charge >= 0.3 is 0 Å². The second kappa shape index (κ2) is 4.74. The van der Waals surface area contributed by atoms with Gasteiger partial charge in [-0.25, -0.2) is 0 Å². The summed E-state index contributed by atoms with van der Waals surface area (Å²) in [5.74, 6) is 0. The first-order valence-corrected chi connectivity index (χ1v) is 5.13. The Bertz CT molecular complexity index is 288. The van der Waals surface area contributed by atoms with Gasteiger partial charge in [0.2, 0.25) is 0 Å². The molecule has 0 aliphatic carbocycles. The molecule has 0 radical (unpaired) electrons. The van der Waals surface area contributed by atoms with Crippen LogP contribution < -0.4 is 5.73 Å². The summed E-state index contributed by atoms with van der Waals surface area (Å²) >= 11 is 3.40. The lowest BCUT2D eigenvalue weighted by molar-refractivity contribution is 0.267. The monoisotopic (exact) mass is 243 g/mol. The summed E-state index contributed by atoms with van der Waals surface area (Å²) in [6, 6.07) is 5.70. The van der Waals surface area contributed by atoms with Gasteiger partial charge in [-0.05, 0) is 29.7 Å². The fourth-order valence-electron chi connectivity index (χ4n) is 1.34. The van der Waals surface area contributed by atoms with Crippen molar-refractivity contribution in [3.05, 3.63) is 33.8 Å². The Hall–Kier alpha value is -0.380. The van der Waals surface area contributed by atoms with E-state index in [1.807, 2.05) is 18.2 Å². The number of benzene rings is 1. The van der Waals surface area contributed by atoms with Crippen molar-refractivity contribution in [2.45, 2.75) is 19.4 Å². The van der Waals surface area contributed by atoms with Crippen LogP contribution in [-0.4, -0.2) is 11.7 Å². The van der Waals surface area contributed by atoms with Gasteiger partial charge in [0.1, 0.15) is 0 Å². The maximum absolute atomic E-state index is 8.94. The second-order valence-electron chi connectivity index (χ2n) is 2.99. The van der Waals surface area contributed by atoms with Crippen LogP contribution in [0.5, 0.6) is 0 Å². The van der Waals surface area contributed by atoms with Crippen molar-refractivity contribution in [3.63, 3.8) is 0 Å². The largest absolute Gasteiger partial charge is 0.394 e. The van der Waals surface area contributed by atoms with Gasteiger partial charge in [-0.15, -0.1) is 0 Å². The molecule has 0 heterocycles. The van der Waals surface area contributed by atoms with E-state index in [-0.39, 0.29) is 12.6 Å². The van der Waals surface area contributed by atoms with Gasteiger partial charge in [0.05, 0.1) is 12.6 Å². The maximum atomic E-state index is 8.94. The summed E-state index contributed by atoms with van der Waals surface area (Å²) in [4.78, 5) is 0. The van der Waals surface area contributed by atoms with Crippen LogP contribution in [0.1, 0.15) is 24.1 Å². The van der Waals surface area contributed by atoms with Crippen LogP contribution in [-0.2, 0) is 6.42 Å². The van der Waals surface area contributed by atoms with Crippen LogP contribution in [0.3, 0.4) is 0 Å². The number of hydrogen-bond acceptors (Lipinski definition) is 2. The number of rotatable bonds is 3. The quantitative estimate of drug-likeness (QED) is 0.854. The third-order valence-electron chi connectivity index (χ3n) is 2.08. The summed E-state index contributed by atoms with van der Waals surface area (Å²) in [5, 5.41) is 8.94. The van der Waals surface area contributed by atoms with Crippen molar-refractivity contribution < 1.29 is 5.11 Å². The van der Waals surface area contributed by atoms with E-state index >= 15 is 0 Å². The van der Waals surface area contributed by atoms with Gasteiger partial charge in [-0.2, -0.15) is 0 Å². The first kappa shape index (κ1) is 10.7. The molecular formula is C10H14BrNO. The zero-order chi connectivity index (χ0) is 9.84. The minimum atomic E-state index is -0.261. The van der Waals surface area contributed by atoms with E-state index in [1.165, 1.54) is 5.56 Å². The summed E-state index contributed by atoms with van der Waals surface area (Å²) in [7, 11) is 0. The summed E-state index contributed by atoms with van der Waals surface area (Å²) in [6.45, 7) is 2.07. The zero-order valence-electron chi connectivity index (χ0n) is 7.63. The minimum absolute atomic E-state index is 0.00533. The van der Waals surface area contributed by atoms with Crippen LogP contribution >= 0.6 is 15.9 Å². The highest BCUT2D eigenvalue weighted by Gasteiger charge is 2.08. The molecule has 2 nitrogen and oxygen atoms in total. The Balaban J connectivity index is 3.05. The number of aliphatic hydroxyl groups is 1. The summed E-state index contributed by atoms with van der Waals surface area (Å²) in [6.07, 6.45) is 0.933. The highest BCUT2D eigenvalue weighted by Crippen LogP contribution is 2.21. The van der Waals surface area contributed by atoms with E-state index in [9.17, 15) is 0 Å². The number of hydrogen-bond donors (Lipinski definition) is 2. The van der Waals surface area contributed by atoms with Crippen molar-refractivity contribution in [2.75, 3.05) is 6.61 Å². The predicted molar refractivity (Wildman–Crippen MR) is 57.5 cm³/mol. The number of nitrogens with two attached hydrogens (primary N) is 1. The van der Waals surface area contributed by atoms with Crippen LogP contribution in [0.15, 0.2) is 22.7 Å². The molecule has 72 valence electrons. The molecule has 1 unspecified atom stereocenters. The van der Waals surface area contributed by atoms with E-state index in [0.717, 1.165) is 16.5 Å². The topological polar surface area (TPSA) is 46.2 Å². The van der Waals surface area contributed by atoms with E-state index in [0.29, 0.717) is 0 Å². The number of aliphatic hydroxyl groups excluding tert-OH is 1. The Kier molecular flexibility index (Phi) is 3.90. The van der Waals surface area contributed by atoms with Gasteiger partial charge in [-0.1, -0.05) is 28.9 Å². The molecule has 0 spiro atoms. The normalized spacial score (nSPS) is 12.9. The molecule has 0 saturated carbocycles.